The Morgan fingerprint density at radius 2 is 1.57 bits per heavy atom. The van der Waals surface area contributed by atoms with Gasteiger partial charge in [-0.05, 0) is 57.4 Å². The van der Waals surface area contributed by atoms with Crippen LogP contribution in [0.4, 0.5) is 5.69 Å². The van der Waals surface area contributed by atoms with Crippen molar-refractivity contribution in [3.8, 4) is 0 Å². The summed E-state index contributed by atoms with van der Waals surface area (Å²) >= 11 is 0. The van der Waals surface area contributed by atoms with E-state index in [-0.39, 0.29) is 24.8 Å². The molecule has 0 fully saturated rings. The molecule has 0 amide bonds. The molecule has 0 aliphatic carbocycles. The number of benzene rings is 1. The van der Waals surface area contributed by atoms with Gasteiger partial charge in [0, 0.05) is 31.9 Å². The minimum absolute atomic E-state index is 0. The number of halogens is 2. The lowest BCUT2D eigenvalue weighted by molar-refractivity contribution is 0.283. The minimum Gasteiger partial charge on any atom is -0.396 e. The predicted molar refractivity (Wildman–Crippen MR) is 97.1 cm³/mol. The van der Waals surface area contributed by atoms with E-state index in [9.17, 15) is 0 Å². The molecule has 0 atom stereocenters. The first-order valence-corrected chi connectivity index (χ1v) is 7.47. The molecule has 0 aliphatic heterocycles. The van der Waals surface area contributed by atoms with E-state index in [1.54, 1.807) is 0 Å². The molecular formula is C16H30Cl2N2O. The van der Waals surface area contributed by atoms with Crippen LogP contribution in [0, 0.1) is 0 Å². The second kappa shape index (κ2) is 14.5. The first-order chi connectivity index (χ1) is 9.31. The number of unbranched alkanes of at least 4 members (excludes halogenated alkanes) is 2. The Hall–Kier alpha value is -0.480. The van der Waals surface area contributed by atoms with Crippen molar-refractivity contribution >= 4 is 30.5 Å². The molecule has 3 nitrogen and oxygen atoms in total. The predicted octanol–water partition coefficient (Wildman–Crippen LogP) is 3.63. The largest absolute Gasteiger partial charge is 0.396 e. The second-order valence-electron chi connectivity index (χ2n) is 4.80. The maximum atomic E-state index is 8.69. The van der Waals surface area contributed by atoms with Crippen molar-refractivity contribution in [1.82, 2.24) is 5.32 Å². The van der Waals surface area contributed by atoms with Crippen molar-refractivity contribution in [1.29, 1.82) is 0 Å². The summed E-state index contributed by atoms with van der Waals surface area (Å²) in [5, 5.41) is 12.1. The van der Waals surface area contributed by atoms with Gasteiger partial charge in [0.1, 0.15) is 0 Å². The fourth-order valence-electron chi connectivity index (χ4n) is 2.18. The van der Waals surface area contributed by atoms with Crippen molar-refractivity contribution in [2.45, 2.75) is 39.7 Å². The minimum atomic E-state index is 0. The van der Waals surface area contributed by atoms with Crippen LogP contribution in [-0.4, -0.2) is 31.3 Å². The van der Waals surface area contributed by atoms with Crippen LogP contribution in [-0.2, 0) is 6.54 Å². The monoisotopic (exact) mass is 336 g/mol. The summed E-state index contributed by atoms with van der Waals surface area (Å²) in [6.07, 6.45) is 3.16. The van der Waals surface area contributed by atoms with E-state index in [2.05, 4.69) is 48.3 Å². The topological polar surface area (TPSA) is 35.5 Å². The van der Waals surface area contributed by atoms with E-state index in [1.165, 1.54) is 11.3 Å². The highest BCUT2D eigenvalue weighted by atomic mass is 35.5. The fourth-order valence-corrected chi connectivity index (χ4v) is 2.18. The lowest BCUT2D eigenvalue weighted by atomic mass is 10.2. The highest BCUT2D eigenvalue weighted by Gasteiger charge is 2.01. The Balaban J connectivity index is 0. The standard InChI is InChI=1S/C16H28N2O.2ClH/c1-3-18(4-2)16-10-8-15(9-11-16)14-17-12-6-5-7-13-19;;/h8-11,17,19H,3-7,12-14H2,1-2H3;2*1H. The summed E-state index contributed by atoms with van der Waals surface area (Å²) in [5.74, 6) is 0. The van der Waals surface area contributed by atoms with Gasteiger partial charge in [-0.15, -0.1) is 24.8 Å². The second-order valence-corrected chi connectivity index (χ2v) is 4.80. The molecule has 5 heteroatoms. The van der Waals surface area contributed by atoms with Crippen molar-refractivity contribution in [2.24, 2.45) is 0 Å². The number of nitrogens with zero attached hydrogens (tertiary/aromatic N) is 1. The van der Waals surface area contributed by atoms with Crippen LogP contribution in [0.1, 0.15) is 38.7 Å². The smallest absolute Gasteiger partial charge is 0.0431 e. The van der Waals surface area contributed by atoms with Gasteiger partial charge in [0.2, 0.25) is 0 Å². The Kier molecular flexibility index (Phi) is 15.7. The molecule has 0 aromatic heterocycles. The SMILES string of the molecule is CCN(CC)c1ccc(CNCCCCCO)cc1.Cl.Cl. The van der Waals surface area contributed by atoms with E-state index in [0.29, 0.717) is 6.61 Å². The third kappa shape index (κ3) is 9.20. The zero-order chi connectivity index (χ0) is 13.9. The molecular weight excluding hydrogens is 307 g/mol. The van der Waals surface area contributed by atoms with Gasteiger partial charge in [-0.1, -0.05) is 12.1 Å². The molecule has 0 aliphatic rings. The molecule has 2 N–H and O–H groups in total. The Morgan fingerprint density at radius 3 is 2.10 bits per heavy atom. The molecule has 1 aromatic carbocycles. The molecule has 0 heterocycles. The number of hydrogen-bond donors (Lipinski definition) is 2. The number of aliphatic hydroxyl groups is 1. The van der Waals surface area contributed by atoms with E-state index >= 15 is 0 Å². The van der Waals surface area contributed by atoms with Crippen LogP contribution in [0.25, 0.3) is 0 Å². The summed E-state index contributed by atoms with van der Waals surface area (Å²) in [6, 6.07) is 8.81. The van der Waals surface area contributed by atoms with E-state index in [4.69, 9.17) is 5.11 Å². The van der Waals surface area contributed by atoms with Crippen molar-refractivity contribution < 1.29 is 5.11 Å². The lowest BCUT2D eigenvalue weighted by Crippen LogP contribution is -2.21. The Labute approximate surface area is 141 Å². The van der Waals surface area contributed by atoms with E-state index in [1.807, 2.05) is 0 Å². The molecule has 1 rings (SSSR count). The van der Waals surface area contributed by atoms with Gasteiger partial charge in [0.25, 0.3) is 0 Å². The average molecular weight is 337 g/mol. The average Bonchev–Trinajstić information content (AvgIpc) is 2.45. The summed E-state index contributed by atoms with van der Waals surface area (Å²) in [5.41, 5.74) is 2.63. The quantitative estimate of drug-likeness (QED) is 0.640. The maximum Gasteiger partial charge on any atom is 0.0431 e. The number of hydrogen-bond acceptors (Lipinski definition) is 3. The molecule has 1 aromatic rings. The normalized spacial score (nSPS) is 9.67. The van der Waals surface area contributed by atoms with Gasteiger partial charge in [-0.3, -0.25) is 0 Å². The van der Waals surface area contributed by atoms with Gasteiger partial charge in [-0.2, -0.15) is 0 Å². The zero-order valence-corrected chi connectivity index (χ0v) is 14.8. The molecule has 0 unspecified atom stereocenters. The number of nitrogens with one attached hydrogen (secondary N) is 1. The first-order valence-electron chi connectivity index (χ1n) is 7.47. The van der Waals surface area contributed by atoms with Gasteiger partial charge < -0.3 is 15.3 Å². The molecule has 0 radical (unpaired) electrons. The van der Waals surface area contributed by atoms with Crippen LogP contribution in [0.15, 0.2) is 24.3 Å². The number of rotatable bonds is 10. The van der Waals surface area contributed by atoms with E-state index < -0.39 is 0 Å². The molecule has 0 spiro atoms. The summed E-state index contributed by atoms with van der Waals surface area (Å²) < 4.78 is 0. The highest BCUT2D eigenvalue weighted by Crippen LogP contribution is 2.14. The summed E-state index contributed by atoms with van der Waals surface area (Å²) in [7, 11) is 0. The third-order valence-electron chi connectivity index (χ3n) is 3.41. The number of anilines is 1. The summed E-state index contributed by atoms with van der Waals surface area (Å²) in [6.45, 7) is 8.75. The van der Waals surface area contributed by atoms with Gasteiger partial charge in [0.15, 0.2) is 0 Å². The van der Waals surface area contributed by atoms with Crippen LogP contribution in [0.5, 0.6) is 0 Å². The van der Waals surface area contributed by atoms with Crippen LogP contribution in [0.3, 0.4) is 0 Å². The van der Waals surface area contributed by atoms with Crippen molar-refractivity contribution in [3.05, 3.63) is 29.8 Å². The van der Waals surface area contributed by atoms with Crippen molar-refractivity contribution in [3.63, 3.8) is 0 Å². The highest BCUT2D eigenvalue weighted by molar-refractivity contribution is 5.85. The first kappa shape index (κ1) is 22.8. The van der Waals surface area contributed by atoms with Crippen LogP contribution >= 0.6 is 24.8 Å². The Morgan fingerprint density at radius 1 is 0.952 bits per heavy atom. The number of aliphatic hydroxyl groups excluding tert-OH is 1. The summed E-state index contributed by atoms with van der Waals surface area (Å²) in [4.78, 5) is 2.35. The van der Waals surface area contributed by atoms with E-state index in [0.717, 1.165) is 45.4 Å². The van der Waals surface area contributed by atoms with Gasteiger partial charge >= 0.3 is 0 Å². The molecule has 0 saturated heterocycles. The van der Waals surface area contributed by atoms with Crippen molar-refractivity contribution in [2.75, 3.05) is 31.1 Å². The third-order valence-corrected chi connectivity index (χ3v) is 3.41. The molecule has 21 heavy (non-hydrogen) atoms. The lowest BCUT2D eigenvalue weighted by Gasteiger charge is -2.21. The Bertz CT molecular complexity index is 330. The van der Waals surface area contributed by atoms with Crippen LogP contribution < -0.4 is 10.2 Å². The zero-order valence-electron chi connectivity index (χ0n) is 13.2. The van der Waals surface area contributed by atoms with Crippen LogP contribution in [0.2, 0.25) is 0 Å². The van der Waals surface area contributed by atoms with Gasteiger partial charge in [-0.25, -0.2) is 0 Å². The molecule has 124 valence electrons. The fraction of sp³-hybridized carbons (Fsp3) is 0.625. The molecule has 0 bridgehead atoms. The van der Waals surface area contributed by atoms with Gasteiger partial charge in [0.05, 0.1) is 0 Å². The maximum absolute atomic E-state index is 8.69. The molecule has 0 saturated carbocycles.